The average Bonchev–Trinajstić information content (AvgIpc) is 2.20. The van der Waals surface area contributed by atoms with Crippen molar-refractivity contribution in [2.75, 3.05) is 12.3 Å². The summed E-state index contributed by atoms with van der Waals surface area (Å²) >= 11 is 0. The van der Waals surface area contributed by atoms with Gasteiger partial charge in [-0.3, -0.25) is 4.79 Å². The molecule has 1 amide bonds. The van der Waals surface area contributed by atoms with E-state index in [-0.39, 0.29) is 0 Å². The zero-order valence-corrected chi connectivity index (χ0v) is 8.82. The van der Waals surface area contributed by atoms with Crippen molar-refractivity contribution >= 4 is 11.6 Å². The van der Waals surface area contributed by atoms with Gasteiger partial charge in [-0.2, -0.15) is 0 Å². The van der Waals surface area contributed by atoms with Crippen LogP contribution in [0.15, 0.2) is 18.2 Å². The Labute approximate surface area is 89.2 Å². The second-order valence-electron chi connectivity index (χ2n) is 3.33. The van der Waals surface area contributed by atoms with E-state index < -0.39 is 5.91 Å². The predicted octanol–water partition coefficient (Wildman–Crippen LogP) is 1.29. The SMILES string of the molecule is CCCOCc1ccc(N)cc1C(N)=O. The van der Waals surface area contributed by atoms with Gasteiger partial charge in [0.1, 0.15) is 0 Å². The van der Waals surface area contributed by atoms with Gasteiger partial charge >= 0.3 is 0 Å². The largest absolute Gasteiger partial charge is 0.399 e. The molecule has 0 unspecified atom stereocenters. The van der Waals surface area contributed by atoms with Crippen molar-refractivity contribution < 1.29 is 9.53 Å². The Morgan fingerprint density at radius 2 is 2.20 bits per heavy atom. The molecule has 1 aromatic rings. The standard InChI is InChI=1S/C11H16N2O2/c1-2-5-15-7-8-3-4-9(12)6-10(8)11(13)14/h3-4,6H,2,5,7,12H2,1H3,(H2,13,14). The zero-order chi connectivity index (χ0) is 11.3. The van der Waals surface area contributed by atoms with Crippen molar-refractivity contribution in [2.24, 2.45) is 5.73 Å². The molecule has 0 aliphatic carbocycles. The molecule has 0 aliphatic rings. The molecule has 4 N–H and O–H groups in total. The predicted molar refractivity (Wildman–Crippen MR) is 59.3 cm³/mol. The number of primary amides is 1. The fourth-order valence-corrected chi connectivity index (χ4v) is 1.28. The third-order valence-corrected chi connectivity index (χ3v) is 2.01. The van der Waals surface area contributed by atoms with Gasteiger partial charge in [0.05, 0.1) is 6.61 Å². The zero-order valence-electron chi connectivity index (χ0n) is 8.82. The number of nitrogen functional groups attached to an aromatic ring is 1. The van der Waals surface area contributed by atoms with Crippen molar-refractivity contribution in [3.05, 3.63) is 29.3 Å². The van der Waals surface area contributed by atoms with Crippen LogP contribution in [0.1, 0.15) is 29.3 Å². The summed E-state index contributed by atoms with van der Waals surface area (Å²) in [6.45, 7) is 3.09. The molecular formula is C11H16N2O2. The van der Waals surface area contributed by atoms with Crippen LogP contribution >= 0.6 is 0 Å². The smallest absolute Gasteiger partial charge is 0.249 e. The second kappa shape index (κ2) is 5.36. The van der Waals surface area contributed by atoms with Gasteiger partial charge in [0.25, 0.3) is 0 Å². The van der Waals surface area contributed by atoms with Crippen LogP contribution in [-0.2, 0) is 11.3 Å². The molecular weight excluding hydrogens is 192 g/mol. The Kier molecular flexibility index (Phi) is 4.12. The molecule has 0 atom stereocenters. The molecule has 0 saturated heterocycles. The van der Waals surface area contributed by atoms with E-state index in [1.807, 2.05) is 6.92 Å². The summed E-state index contributed by atoms with van der Waals surface area (Å²) in [6.07, 6.45) is 0.945. The molecule has 4 nitrogen and oxygen atoms in total. The van der Waals surface area contributed by atoms with E-state index in [2.05, 4.69) is 0 Å². The number of rotatable bonds is 5. The Morgan fingerprint density at radius 1 is 1.47 bits per heavy atom. The maximum Gasteiger partial charge on any atom is 0.249 e. The van der Waals surface area contributed by atoms with Gasteiger partial charge in [0.15, 0.2) is 0 Å². The number of anilines is 1. The second-order valence-corrected chi connectivity index (χ2v) is 3.33. The van der Waals surface area contributed by atoms with E-state index in [0.29, 0.717) is 24.5 Å². The molecule has 0 spiro atoms. The highest BCUT2D eigenvalue weighted by molar-refractivity contribution is 5.95. The van der Waals surface area contributed by atoms with Gasteiger partial charge in [-0.05, 0) is 24.1 Å². The van der Waals surface area contributed by atoms with E-state index in [9.17, 15) is 4.79 Å². The Bertz CT molecular complexity index is 350. The van der Waals surface area contributed by atoms with E-state index >= 15 is 0 Å². The summed E-state index contributed by atoms with van der Waals surface area (Å²) in [6, 6.07) is 5.08. The molecule has 1 rings (SSSR count). The van der Waals surface area contributed by atoms with Gasteiger partial charge in [0.2, 0.25) is 5.91 Å². The molecule has 0 aromatic heterocycles. The maximum absolute atomic E-state index is 11.1. The van der Waals surface area contributed by atoms with Crippen molar-refractivity contribution in [3.8, 4) is 0 Å². The number of amides is 1. The molecule has 0 saturated carbocycles. The quantitative estimate of drug-likeness (QED) is 0.565. The summed E-state index contributed by atoms with van der Waals surface area (Å²) in [5, 5.41) is 0. The average molecular weight is 208 g/mol. The fraction of sp³-hybridized carbons (Fsp3) is 0.364. The van der Waals surface area contributed by atoms with E-state index in [4.69, 9.17) is 16.2 Å². The highest BCUT2D eigenvalue weighted by Crippen LogP contribution is 2.14. The minimum atomic E-state index is -0.475. The van der Waals surface area contributed by atoms with E-state index in [0.717, 1.165) is 12.0 Å². The molecule has 1 aromatic carbocycles. The Morgan fingerprint density at radius 3 is 2.80 bits per heavy atom. The lowest BCUT2D eigenvalue weighted by Gasteiger charge is -2.08. The van der Waals surface area contributed by atoms with Crippen molar-refractivity contribution in [1.29, 1.82) is 0 Å². The van der Waals surface area contributed by atoms with Crippen LogP contribution in [-0.4, -0.2) is 12.5 Å². The van der Waals surface area contributed by atoms with Crippen molar-refractivity contribution in [2.45, 2.75) is 20.0 Å². The molecule has 0 heterocycles. The normalized spacial score (nSPS) is 10.2. The van der Waals surface area contributed by atoms with Crippen LogP contribution in [0.5, 0.6) is 0 Å². The first kappa shape index (κ1) is 11.5. The Balaban J connectivity index is 2.81. The fourth-order valence-electron chi connectivity index (χ4n) is 1.28. The molecule has 0 bridgehead atoms. The molecule has 0 fully saturated rings. The number of nitrogens with two attached hydrogens (primary N) is 2. The monoisotopic (exact) mass is 208 g/mol. The first-order chi connectivity index (χ1) is 7.15. The minimum absolute atomic E-state index is 0.395. The van der Waals surface area contributed by atoms with Crippen LogP contribution in [0, 0.1) is 0 Å². The lowest BCUT2D eigenvalue weighted by Crippen LogP contribution is -2.14. The first-order valence-corrected chi connectivity index (χ1v) is 4.91. The van der Waals surface area contributed by atoms with Gasteiger partial charge in [-0.25, -0.2) is 0 Å². The van der Waals surface area contributed by atoms with Gasteiger partial charge < -0.3 is 16.2 Å². The molecule has 0 aliphatic heterocycles. The van der Waals surface area contributed by atoms with Crippen molar-refractivity contribution in [3.63, 3.8) is 0 Å². The lowest BCUT2D eigenvalue weighted by molar-refractivity contribution is 0.0984. The lowest BCUT2D eigenvalue weighted by atomic mass is 10.1. The number of benzene rings is 1. The van der Waals surface area contributed by atoms with Crippen LogP contribution in [0.25, 0.3) is 0 Å². The van der Waals surface area contributed by atoms with Crippen LogP contribution in [0.4, 0.5) is 5.69 Å². The van der Waals surface area contributed by atoms with Crippen LogP contribution in [0.3, 0.4) is 0 Å². The summed E-state index contributed by atoms with van der Waals surface area (Å²) in [7, 11) is 0. The van der Waals surface area contributed by atoms with Gasteiger partial charge in [-0.15, -0.1) is 0 Å². The topological polar surface area (TPSA) is 78.3 Å². The summed E-state index contributed by atoms with van der Waals surface area (Å²) in [4.78, 5) is 11.1. The number of hydrogen-bond acceptors (Lipinski definition) is 3. The Hall–Kier alpha value is -1.55. The van der Waals surface area contributed by atoms with Crippen LogP contribution in [0.2, 0.25) is 0 Å². The van der Waals surface area contributed by atoms with Gasteiger partial charge in [0, 0.05) is 17.9 Å². The number of hydrogen-bond donors (Lipinski definition) is 2. The van der Waals surface area contributed by atoms with Crippen molar-refractivity contribution in [1.82, 2.24) is 0 Å². The maximum atomic E-state index is 11.1. The van der Waals surface area contributed by atoms with E-state index in [1.165, 1.54) is 0 Å². The van der Waals surface area contributed by atoms with Crippen LogP contribution < -0.4 is 11.5 Å². The molecule has 82 valence electrons. The molecule has 15 heavy (non-hydrogen) atoms. The first-order valence-electron chi connectivity index (χ1n) is 4.91. The number of ether oxygens (including phenoxy) is 1. The summed E-state index contributed by atoms with van der Waals surface area (Å²) in [5.74, 6) is -0.475. The minimum Gasteiger partial charge on any atom is -0.399 e. The number of carbonyl (C=O) groups is 1. The summed E-state index contributed by atoms with van der Waals surface area (Å²) in [5.41, 5.74) is 12.6. The third kappa shape index (κ3) is 3.25. The van der Waals surface area contributed by atoms with Gasteiger partial charge in [-0.1, -0.05) is 13.0 Å². The highest BCUT2D eigenvalue weighted by atomic mass is 16.5. The third-order valence-electron chi connectivity index (χ3n) is 2.01. The molecule has 4 heteroatoms. The molecule has 0 radical (unpaired) electrons. The van der Waals surface area contributed by atoms with E-state index in [1.54, 1.807) is 18.2 Å². The highest BCUT2D eigenvalue weighted by Gasteiger charge is 2.08. The summed E-state index contributed by atoms with van der Waals surface area (Å²) < 4.78 is 5.35. The number of carbonyl (C=O) groups excluding carboxylic acids is 1.